The van der Waals surface area contributed by atoms with E-state index >= 15 is 0 Å². The van der Waals surface area contributed by atoms with Gasteiger partial charge >= 0.3 is 0 Å². The fraction of sp³-hybridized carbons (Fsp3) is 0.364. The lowest BCUT2D eigenvalue weighted by Gasteiger charge is -2.06. The minimum atomic E-state index is 0.592. The molecule has 14 heavy (non-hydrogen) atoms. The van der Waals surface area contributed by atoms with Crippen molar-refractivity contribution >= 4 is 5.84 Å². The van der Waals surface area contributed by atoms with Crippen molar-refractivity contribution in [2.45, 2.75) is 20.0 Å². The quantitative estimate of drug-likeness (QED) is 0.558. The molecule has 3 N–H and O–H groups in total. The minimum Gasteiger partial charge on any atom is -0.370 e. The zero-order valence-electron chi connectivity index (χ0n) is 8.75. The van der Waals surface area contributed by atoms with Crippen LogP contribution in [0.5, 0.6) is 0 Å². The van der Waals surface area contributed by atoms with E-state index in [0.717, 1.165) is 17.9 Å². The van der Waals surface area contributed by atoms with Crippen LogP contribution >= 0.6 is 0 Å². The number of hydrogen-bond donors (Lipinski definition) is 2. The van der Waals surface area contributed by atoms with Crippen molar-refractivity contribution in [1.82, 2.24) is 5.32 Å². The lowest BCUT2D eigenvalue weighted by atomic mass is 10.1. The highest BCUT2D eigenvalue weighted by Crippen LogP contribution is 2.03. The Morgan fingerprint density at radius 2 is 2.14 bits per heavy atom. The molecule has 0 amide bonds. The summed E-state index contributed by atoms with van der Waals surface area (Å²) in [7, 11) is 1.78. The van der Waals surface area contributed by atoms with Gasteiger partial charge in [-0.3, -0.25) is 4.99 Å². The number of benzene rings is 1. The van der Waals surface area contributed by atoms with Crippen molar-refractivity contribution in [3.63, 3.8) is 0 Å². The summed E-state index contributed by atoms with van der Waals surface area (Å²) in [5, 5.41) is 3.21. The molecule has 0 fully saturated rings. The third-order valence-electron chi connectivity index (χ3n) is 2.11. The van der Waals surface area contributed by atoms with E-state index in [-0.39, 0.29) is 0 Å². The fourth-order valence-corrected chi connectivity index (χ4v) is 1.18. The van der Waals surface area contributed by atoms with Crippen LogP contribution in [0.3, 0.4) is 0 Å². The Hall–Kier alpha value is -1.35. The number of nitrogens with zero attached hydrogens (tertiary/aromatic N) is 1. The smallest absolute Gasteiger partial charge is 0.0930 e. The van der Waals surface area contributed by atoms with Gasteiger partial charge in [-0.25, -0.2) is 0 Å². The maximum Gasteiger partial charge on any atom is 0.0930 e. The molecule has 1 rings (SSSR count). The van der Waals surface area contributed by atoms with Crippen LogP contribution in [0.25, 0.3) is 0 Å². The van der Waals surface area contributed by atoms with Crippen LogP contribution in [0.2, 0.25) is 0 Å². The van der Waals surface area contributed by atoms with Crippen molar-refractivity contribution < 1.29 is 0 Å². The maximum atomic E-state index is 5.56. The number of nitrogens with one attached hydrogen (secondary N) is 1. The van der Waals surface area contributed by atoms with Crippen LogP contribution in [0.15, 0.2) is 29.3 Å². The lowest BCUT2D eigenvalue weighted by Crippen LogP contribution is -2.19. The first-order valence-electron chi connectivity index (χ1n) is 4.71. The van der Waals surface area contributed by atoms with Crippen molar-refractivity contribution in [3.8, 4) is 0 Å². The van der Waals surface area contributed by atoms with E-state index in [1.54, 1.807) is 7.05 Å². The van der Waals surface area contributed by atoms with Gasteiger partial charge in [0.25, 0.3) is 0 Å². The van der Waals surface area contributed by atoms with E-state index in [1.807, 2.05) is 19.1 Å². The zero-order chi connectivity index (χ0) is 10.4. The predicted octanol–water partition coefficient (Wildman–Crippen LogP) is 1.28. The van der Waals surface area contributed by atoms with Crippen molar-refractivity contribution in [1.29, 1.82) is 0 Å². The average Bonchev–Trinajstić information content (AvgIpc) is 2.26. The van der Waals surface area contributed by atoms with Gasteiger partial charge in [-0.05, 0) is 18.1 Å². The van der Waals surface area contributed by atoms with E-state index in [1.165, 1.54) is 5.56 Å². The van der Waals surface area contributed by atoms with Crippen molar-refractivity contribution in [2.75, 3.05) is 7.05 Å². The molecule has 0 saturated carbocycles. The Morgan fingerprint density at radius 3 is 2.79 bits per heavy atom. The molecular weight excluding hydrogens is 174 g/mol. The molecule has 0 atom stereocenters. The Morgan fingerprint density at radius 1 is 1.43 bits per heavy atom. The first-order valence-corrected chi connectivity index (χ1v) is 4.71. The third kappa shape index (κ3) is 3.18. The van der Waals surface area contributed by atoms with Gasteiger partial charge in [0.15, 0.2) is 0 Å². The molecular formula is C11H17N3. The molecule has 0 aromatic heterocycles. The average molecular weight is 191 g/mol. The van der Waals surface area contributed by atoms with E-state index in [9.17, 15) is 0 Å². The van der Waals surface area contributed by atoms with E-state index in [0.29, 0.717) is 6.54 Å². The van der Waals surface area contributed by atoms with Gasteiger partial charge in [0.2, 0.25) is 0 Å². The molecule has 3 nitrogen and oxygen atoms in total. The topological polar surface area (TPSA) is 50.4 Å². The summed E-state index contributed by atoms with van der Waals surface area (Å²) in [4.78, 5) is 4.03. The standard InChI is InChI=1S/C11H17N3/c1-9(13-2)14-8-11-5-3-4-10(6-11)7-12/h3-6H,7-8,12H2,1-2H3,(H,13,14). The largest absolute Gasteiger partial charge is 0.370 e. The first kappa shape index (κ1) is 10.7. The molecule has 76 valence electrons. The summed E-state index contributed by atoms with van der Waals surface area (Å²) in [5.74, 6) is 0.947. The number of rotatable bonds is 3. The highest BCUT2D eigenvalue weighted by molar-refractivity contribution is 5.79. The second-order valence-electron chi connectivity index (χ2n) is 3.19. The molecule has 0 radical (unpaired) electrons. The van der Waals surface area contributed by atoms with Gasteiger partial charge in [0.05, 0.1) is 5.84 Å². The molecule has 0 bridgehead atoms. The summed E-state index contributed by atoms with van der Waals surface area (Å²) in [6, 6.07) is 8.24. The number of amidine groups is 1. The van der Waals surface area contributed by atoms with Crippen molar-refractivity contribution in [2.24, 2.45) is 10.7 Å². The molecule has 0 heterocycles. The van der Waals surface area contributed by atoms with Crippen LogP contribution in [0.4, 0.5) is 0 Å². The van der Waals surface area contributed by atoms with Crippen molar-refractivity contribution in [3.05, 3.63) is 35.4 Å². The van der Waals surface area contributed by atoms with E-state index in [2.05, 4.69) is 22.4 Å². The highest BCUT2D eigenvalue weighted by Gasteiger charge is 1.94. The molecule has 0 aliphatic carbocycles. The van der Waals surface area contributed by atoms with Crippen LogP contribution in [0, 0.1) is 0 Å². The second-order valence-corrected chi connectivity index (χ2v) is 3.19. The van der Waals surface area contributed by atoms with E-state index in [4.69, 9.17) is 5.73 Å². The molecule has 0 unspecified atom stereocenters. The summed E-state index contributed by atoms with van der Waals surface area (Å²) >= 11 is 0. The Bertz CT molecular complexity index is 318. The molecule has 0 aliphatic heterocycles. The SMILES string of the molecule is CN=C(C)NCc1cccc(CN)c1. The molecule has 0 saturated heterocycles. The molecule has 1 aromatic carbocycles. The highest BCUT2D eigenvalue weighted by atomic mass is 15.0. The minimum absolute atomic E-state index is 0.592. The number of hydrogen-bond acceptors (Lipinski definition) is 2. The van der Waals surface area contributed by atoms with Gasteiger partial charge in [-0.2, -0.15) is 0 Å². The van der Waals surface area contributed by atoms with Crippen LogP contribution in [0.1, 0.15) is 18.1 Å². The van der Waals surface area contributed by atoms with Crippen LogP contribution in [-0.4, -0.2) is 12.9 Å². The Balaban J connectivity index is 2.58. The molecule has 3 heteroatoms. The Labute approximate surface area is 85.0 Å². The summed E-state index contributed by atoms with van der Waals surface area (Å²) in [6.45, 7) is 3.35. The normalized spacial score (nSPS) is 11.5. The van der Waals surface area contributed by atoms with Crippen LogP contribution in [-0.2, 0) is 13.1 Å². The van der Waals surface area contributed by atoms with Gasteiger partial charge in [0.1, 0.15) is 0 Å². The summed E-state index contributed by atoms with van der Waals surface area (Å²) in [5.41, 5.74) is 7.95. The second kappa shape index (κ2) is 5.40. The summed E-state index contributed by atoms with van der Waals surface area (Å²) < 4.78 is 0. The maximum absolute atomic E-state index is 5.56. The molecule has 0 spiro atoms. The predicted molar refractivity (Wildman–Crippen MR) is 60.2 cm³/mol. The van der Waals surface area contributed by atoms with Gasteiger partial charge in [-0.15, -0.1) is 0 Å². The first-order chi connectivity index (χ1) is 6.76. The third-order valence-corrected chi connectivity index (χ3v) is 2.11. The number of aliphatic imine (C=N–C) groups is 1. The number of nitrogens with two attached hydrogens (primary N) is 1. The monoisotopic (exact) mass is 191 g/mol. The van der Waals surface area contributed by atoms with Gasteiger partial charge in [0, 0.05) is 20.1 Å². The zero-order valence-corrected chi connectivity index (χ0v) is 8.75. The fourth-order valence-electron chi connectivity index (χ4n) is 1.18. The molecule has 1 aromatic rings. The van der Waals surface area contributed by atoms with Crippen LogP contribution < -0.4 is 11.1 Å². The Kier molecular flexibility index (Phi) is 4.13. The van der Waals surface area contributed by atoms with E-state index < -0.39 is 0 Å². The lowest BCUT2D eigenvalue weighted by molar-refractivity contribution is 0.900. The molecule has 0 aliphatic rings. The van der Waals surface area contributed by atoms with Gasteiger partial charge in [-0.1, -0.05) is 24.3 Å². The van der Waals surface area contributed by atoms with Gasteiger partial charge < -0.3 is 11.1 Å². The summed E-state index contributed by atoms with van der Waals surface area (Å²) in [6.07, 6.45) is 0.